The number of nitrogens with zero attached hydrogens (tertiary/aromatic N) is 2. The fraction of sp³-hybridized carbons (Fsp3) is 0.111. The van der Waals surface area contributed by atoms with E-state index in [4.69, 9.17) is 21.7 Å². The van der Waals surface area contributed by atoms with Crippen molar-refractivity contribution in [3.63, 3.8) is 0 Å². The molecule has 0 amide bonds. The Labute approximate surface area is 206 Å². The van der Waals surface area contributed by atoms with Crippen LogP contribution in [0.4, 0.5) is 4.39 Å². The van der Waals surface area contributed by atoms with Crippen molar-refractivity contribution in [2.75, 3.05) is 12.5 Å². The summed E-state index contributed by atoms with van der Waals surface area (Å²) in [5.74, 6) is 1.65. The highest BCUT2D eigenvalue weighted by Gasteiger charge is 2.15. The van der Waals surface area contributed by atoms with Gasteiger partial charge in [0.15, 0.2) is 5.82 Å². The molecular formula is C27H23FN4O2S. The predicted molar refractivity (Wildman–Crippen MR) is 137 cm³/mol. The van der Waals surface area contributed by atoms with Crippen molar-refractivity contribution in [3.05, 3.63) is 107 Å². The van der Waals surface area contributed by atoms with E-state index in [0.717, 1.165) is 21.9 Å². The SMILES string of the molecule is COc1ccccc1-c1n[nH]c(=S)n1NCc1c(OCc2ccccc2F)ccc2ccccc12. The number of hydrogen-bond donors (Lipinski definition) is 2. The van der Waals surface area contributed by atoms with Gasteiger partial charge in [0.2, 0.25) is 4.77 Å². The minimum Gasteiger partial charge on any atom is -0.496 e. The van der Waals surface area contributed by atoms with Crippen LogP contribution in [0.2, 0.25) is 0 Å². The van der Waals surface area contributed by atoms with Crippen LogP contribution in [0.3, 0.4) is 0 Å². The molecule has 0 spiro atoms. The number of ether oxygens (including phenoxy) is 2. The Hall–Kier alpha value is -4.17. The molecular weight excluding hydrogens is 463 g/mol. The van der Waals surface area contributed by atoms with Gasteiger partial charge in [0, 0.05) is 11.1 Å². The highest BCUT2D eigenvalue weighted by Crippen LogP contribution is 2.31. The summed E-state index contributed by atoms with van der Waals surface area (Å²) in [6.45, 7) is 0.513. The maximum atomic E-state index is 14.2. The lowest BCUT2D eigenvalue weighted by molar-refractivity contribution is 0.297. The summed E-state index contributed by atoms with van der Waals surface area (Å²) in [4.78, 5) is 0. The number of halogens is 1. The van der Waals surface area contributed by atoms with Crippen LogP contribution in [0.25, 0.3) is 22.2 Å². The third kappa shape index (κ3) is 4.61. The van der Waals surface area contributed by atoms with Gasteiger partial charge in [0.25, 0.3) is 0 Å². The second-order valence-electron chi connectivity index (χ2n) is 7.87. The van der Waals surface area contributed by atoms with Gasteiger partial charge >= 0.3 is 0 Å². The number of hydrogen-bond acceptors (Lipinski definition) is 5. The number of rotatable bonds is 8. The van der Waals surface area contributed by atoms with E-state index in [9.17, 15) is 4.39 Å². The van der Waals surface area contributed by atoms with Crippen LogP contribution < -0.4 is 14.9 Å². The monoisotopic (exact) mass is 486 g/mol. The first-order valence-electron chi connectivity index (χ1n) is 11.1. The van der Waals surface area contributed by atoms with Crippen molar-refractivity contribution in [1.29, 1.82) is 0 Å². The molecule has 0 saturated heterocycles. The first-order valence-corrected chi connectivity index (χ1v) is 11.5. The average Bonchev–Trinajstić information content (AvgIpc) is 3.26. The quantitative estimate of drug-likeness (QED) is 0.255. The number of para-hydroxylation sites is 1. The van der Waals surface area contributed by atoms with Gasteiger partial charge in [0.1, 0.15) is 23.9 Å². The van der Waals surface area contributed by atoms with Crippen LogP contribution in [0, 0.1) is 10.6 Å². The van der Waals surface area contributed by atoms with E-state index >= 15 is 0 Å². The molecule has 0 fully saturated rings. The number of methoxy groups -OCH3 is 1. The fourth-order valence-corrected chi connectivity index (χ4v) is 4.21. The summed E-state index contributed by atoms with van der Waals surface area (Å²) in [5.41, 5.74) is 5.59. The zero-order valence-corrected chi connectivity index (χ0v) is 19.8. The number of aromatic amines is 1. The molecule has 5 rings (SSSR count). The van der Waals surface area contributed by atoms with Crippen LogP contribution in [-0.4, -0.2) is 22.0 Å². The topological polar surface area (TPSA) is 64.1 Å². The van der Waals surface area contributed by atoms with E-state index in [1.807, 2.05) is 60.7 Å². The smallest absolute Gasteiger partial charge is 0.214 e. The number of aromatic nitrogens is 3. The highest BCUT2D eigenvalue weighted by atomic mass is 32.1. The zero-order valence-electron chi connectivity index (χ0n) is 19.0. The lowest BCUT2D eigenvalue weighted by Crippen LogP contribution is -2.17. The lowest BCUT2D eigenvalue weighted by atomic mass is 10.0. The molecule has 1 aromatic heterocycles. The predicted octanol–water partition coefficient (Wildman–Crippen LogP) is 6.23. The van der Waals surface area contributed by atoms with E-state index < -0.39 is 0 Å². The minimum atomic E-state index is -0.292. The second-order valence-corrected chi connectivity index (χ2v) is 8.25. The Kier molecular flexibility index (Phi) is 6.45. The summed E-state index contributed by atoms with van der Waals surface area (Å²) < 4.78 is 27.9. The van der Waals surface area contributed by atoms with Gasteiger partial charge in [0.05, 0.1) is 19.2 Å². The Bertz CT molecular complexity index is 1550. The molecule has 0 aliphatic rings. The zero-order chi connectivity index (χ0) is 24.2. The summed E-state index contributed by atoms with van der Waals surface area (Å²) >= 11 is 5.49. The van der Waals surface area contributed by atoms with Gasteiger partial charge in [-0.1, -0.05) is 60.7 Å². The number of fused-ring (bicyclic) bond motifs is 1. The molecule has 1 heterocycles. The van der Waals surface area contributed by atoms with Crippen LogP contribution in [0.5, 0.6) is 11.5 Å². The molecule has 0 radical (unpaired) electrons. The summed E-state index contributed by atoms with van der Waals surface area (Å²) in [5, 5.41) is 9.36. The normalized spacial score (nSPS) is 10.9. The van der Waals surface area contributed by atoms with E-state index in [0.29, 0.717) is 34.2 Å². The van der Waals surface area contributed by atoms with Gasteiger partial charge < -0.3 is 14.9 Å². The molecule has 0 saturated carbocycles. The molecule has 0 aliphatic carbocycles. The molecule has 4 aromatic carbocycles. The van der Waals surface area contributed by atoms with E-state index in [1.54, 1.807) is 30.0 Å². The maximum Gasteiger partial charge on any atom is 0.214 e. The Morgan fingerprint density at radius 1 is 0.943 bits per heavy atom. The molecule has 8 heteroatoms. The number of H-pyrrole nitrogens is 1. The molecule has 5 aromatic rings. The molecule has 0 bridgehead atoms. The van der Waals surface area contributed by atoms with Gasteiger partial charge in [-0.2, -0.15) is 5.10 Å². The fourth-order valence-electron chi connectivity index (χ4n) is 4.02. The largest absolute Gasteiger partial charge is 0.496 e. The Balaban J connectivity index is 1.49. The average molecular weight is 487 g/mol. The van der Waals surface area contributed by atoms with E-state index in [1.165, 1.54) is 6.07 Å². The standard InChI is InChI=1S/C27H23FN4O2S/c1-33-24-13-7-5-11-21(24)26-30-31-27(35)32(26)29-16-22-20-10-4-2-8-18(20)14-15-25(22)34-17-19-9-3-6-12-23(19)28/h2-15,29H,16-17H2,1H3,(H,31,35). The highest BCUT2D eigenvalue weighted by molar-refractivity contribution is 7.71. The molecule has 35 heavy (non-hydrogen) atoms. The minimum absolute atomic E-state index is 0.121. The van der Waals surface area contributed by atoms with Crippen LogP contribution in [0.1, 0.15) is 11.1 Å². The second kappa shape index (κ2) is 9.99. The van der Waals surface area contributed by atoms with E-state index in [2.05, 4.69) is 15.6 Å². The van der Waals surface area contributed by atoms with Crippen molar-refractivity contribution >= 4 is 23.0 Å². The van der Waals surface area contributed by atoms with Crippen LogP contribution in [-0.2, 0) is 13.2 Å². The van der Waals surface area contributed by atoms with Gasteiger partial charge in [-0.3, -0.25) is 0 Å². The Morgan fingerprint density at radius 2 is 1.71 bits per heavy atom. The first-order chi connectivity index (χ1) is 17.2. The van der Waals surface area contributed by atoms with Crippen molar-refractivity contribution in [3.8, 4) is 22.9 Å². The van der Waals surface area contributed by atoms with Crippen molar-refractivity contribution in [2.24, 2.45) is 0 Å². The molecule has 0 aliphatic heterocycles. The molecule has 0 unspecified atom stereocenters. The van der Waals surface area contributed by atoms with Gasteiger partial charge in [-0.05, 0) is 47.3 Å². The van der Waals surface area contributed by atoms with Crippen molar-refractivity contribution < 1.29 is 13.9 Å². The Morgan fingerprint density at radius 3 is 2.57 bits per heavy atom. The molecule has 6 nitrogen and oxygen atoms in total. The summed E-state index contributed by atoms with van der Waals surface area (Å²) in [7, 11) is 1.62. The van der Waals surface area contributed by atoms with Crippen LogP contribution >= 0.6 is 12.2 Å². The number of nitrogens with one attached hydrogen (secondary N) is 2. The van der Waals surface area contributed by atoms with Gasteiger partial charge in [-0.15, -0.1) is 0 Å². The van der Waals surface area contributed by atoms with Crippen LogP contribution in [0.15, 0.2) is 84.9 Å². The number of benzene rings is 4. The van der Waals surface area contributed by atoms with E-state index in [-0.39, 0.29) is 12.4 Å². The maximum absolute atomic E-state index is 14.2. The lowest BCUT2D eigenvalue weighted by Gasteiger charge is -2.17. The van der Waals surface area contributed by atoms with Crippen molar-refractivity contribution in [2.45, 2.75) is 13.2 Å². The third-order valence-corrected chi connectivity index (χ3v) is 6.05. The first kappa shape index (κ1) is 22.6. The summed E-state index contributed by atoms with van der Waals surface area (Å²) in [6, 6.07) is 26.2. The molecule has 2 N–H and O–H groups in total. The third-order valence-electron chi connectivity index (χ3n) is 5.77. The summed E-state index contributed by atoms with van der Waals surface area (Å²) in [6.07, 6.45) is 0. The molecule has 0 atom stereocenters. The molecule has 176 valence electrons. The van der Waals surface area contributed by atoms with Crippen molar-refractivity contribution in [1.82, 2.24) is 14.9 Å². The van der Waals surface area contributed by atoms with Gasteiger partial charge in [-0.25, -0.2) is 14.2 Å².